The van der Waals surface area contributed by atoms with Gasteiger partial charge in [0, 0.05) is 29.5 Å². The van der Waals surface area contributed by atoms with Crippen molar-refractivity contribution in [2.24, 2.45) is 0 Å². The lowest BCUT2D eigenvalue weighted by atomic mass is 9.95. The van der Waals surface area contributed by atoms with Gasteiger partial charge in [0.15, 0.2) is 0 Å². The first-order valence-corrected chi connectivity index (χ1v) is 15.8. The zero-order chi connectivity index (χ0) is 28.0. The van der Waals surface area contributed by atoms with E-state index in [1.54, 1.807) is 32.0 Å². The summed E-state index contributed by atoms with van der Waals surface area (Å²) in [5.74, 6) is -0.227. The standard InChI is InChI=1S/C32H38N3O4P/c1-3-38-40(37,39-4-2)27-19-20-29-28(21-27)30(32(36)35-29)31(24-11-7-5-8-12-24)34-26-17-15-23(16-18-26)22-33-25-13-9-6-10-14-25/h5,7-8,11-12,15-21,25,33-34H,3-4,6,9-10,13-14,22H2,1-2H3,(H,35,36). The van der Waals surface area contributed by atoms with Gasteiger partial charge in [0.2, 0.25) is 0 Å². The molecule has 1 amide bonds. The smallest absolute Gasteiger partial charge is 0.354 e. The second-order valence-electron chi connectivity index (χ2n) is 10.2. The predicted molar refractivity (Wildman–Crippen MR) is 163 cm³/mol. The van der Waals surface area contributed by atoms with E-state index in [4.69, 9.17) is 9.05 Å². The van der Waals surface area contributed by atoms with Crippen molar-refractivity contribution in [1.82, 2.24) is 5.32 Å². The van der Waals surface area contributed by atoms with Crippen LogP contribution in [0.15, 0.2) is 72.8 Å². The Balaban J connectivity index is 1.48. The van der Waals surface area contributed by atoms with Gasteiger partial charge < -0.3 is 25.0 Å². The van der Waals surface area contributed by atoms with Crippen LogP contribution in [0.5, 0.6) is 0 Å². The molecule has 1 fully saturated rings. The summed E-state index contributed by atoms with van der Waals surface area (Å²) in [5, 5.41) is 10.6. The minimum atomic E-state index is -3.53. The average Bonchev–Trinajstić information content (AvgIpc) is 3.31. The van der Waals surface area contributed by atoms with Crippen molar-refractivity contribution >= 4 is 41.5 Å². The maximum absolute atomic E-state index is 13.5. The fourth-order valence-electron chi connectivity index (χ4n) is 5.40. The lowest BCUT2D eigenvalue weighted by molar-refractivity contribution is -0.110. The van der Waals surface area contributed by atoms with E-state index in [1.165, 1.54) is 37.7 Å². The van der Waals surface area contributed by atoms with E-state index in [0.29, 0.717) is 33.9 Å². The molecule has 210 valence electrons. The molecular weight excluding hydrogens is 521 g/mol. The molecule has 3 aromatic carbocycles. The van der Waals surface area contributed by atoms with Gasteiger partial charge in [-0.1, -0.05) is 61.7 Å². The van der Waals surface area contributed by atoms with Gasteiger partial charge in [0.1, 0.15) is 0 Å². The SMILES string of the molecule is CCOP(=O)(OCC)c1ccc2c(c1)C(=C(Nc1ccc(CNC3CCCCC3)cc1)c1ccccc1)C(=O)N2. The Bertz CT molecular complexity index is 1390. The van der Waals surface area contributed by atoms with Crippen LogP contribution in [0.2, 0.25) is 0 Å². The van der Waals surface area contributed by atoms with Crippen LogP contribution in [0.3, 0.4) is 0 Å². The van der Waals surface area contributed by atoms with Gasteiger partial charge in [-0.05, 0) is 68.1 Å². The fourth-order valence-corrected chi connectivity index (χ4v) is 7.00. The Morgan fingerprint density at radius 3 is 2.30 bits per heavy atom. The fraction of sp³-hybridized carbons (Fsp3) is 0.344. The van der Waals surface area contributed by atoms with E-state index in [9.17, 15) is 9.36 Å². The van der Waals surface area contributed by atoms with E-state index in [0.717, 1.165) is 17.8 Å². The van der Waals surface area contributed by atoms with Crippen LogP contribution in [0.1, 0.15) is 62.6 Å². The molecule has 0 aromatic heterocycles. The number of hydrogen-bond donors (Lipinski definition) is 3. The average molecular weight is 560 g/mol. The number of fused-ring (bicyclic) bond motifs is 1. The summed E-state index contributed by atoms with van der Waals surface area (Å²) >= 11 is 0. The number of amides is 1. The molecular formula is C32H38N3O4P. The van der Waals surface area contributed by atoms with Gasteiger partial charge in [-0.3, -0.25) is 9.36 Å². The topological polar surface area (TPSA) is 88.7 Å². The highest BCUT2D eigenvalue weighted by molar-refractivity contribution is 7.62. The Kier molecular flexibility index (Phi) is 9.18. The van der Waals surface area contributed by atoms with Gasteiger partial charge in [-0.25, -0.2) is 0 Å². The third-order valence-electron chi connectivity index (χ3n) is 7.40. The summed E-state index contributed by atoms with van der Waals surface area (Å²) < 4.78 is 24.7. The number of benzene rings is 3. The number of anilines is 2. The van der Waals surface area contributed by atoms with Crippen LogP contribution >= 0.6 is 7.60 Å². The monoisotopic (exact) mass is 559 g/mol. The van der Waals surface area contributed by atoms with Gasteiger partial charge in [0.25, 0.3) is 5.91 Å². The highest BCUT2D eigenvalue weighted by Crippen LogP contribution is 2.48. The largest absolute Gasteiger partial charge is 0.361 e. The zero-order valence-electron chi connectivity index (χ0n) is 23.2. The van der Waals surface area contributed by atoms with Crippen LogP contribution in [0, 0.1) is 0 Å². The molecule has 1 heterocycles. The summed E-state index contributed by atoms with van der Waals surface area (Å²) in [5.41, 5.74) is 5.42. The van der Waals surface area contributed by atoms with Gasteiger partial charge >= 0.3 is 7.60 Å². The van der Waals surface area contributed by atoms with E-state index in [1.807, 2.05) is 42.5 Å². The molecule has 0 atom stereocenters. The van der Waals surface area contributed by atoms with Crippen molar-refractivity contribution in [2.45, 2.75) is 58.5 Å². The first kappa shape index (κ1) is 28.3. The van der Waals surface area contributed by atoms with Crippen molar-refractivity contribution in [2.75, 3.05) is 23.8 Å². The summed E-state index contributed by atoms with van der Waals surface area (Å²) in [6, 6.07) is 23.9. The summed E-state index contributed by atoms with van der Waals surface area (Å²) in [6.45, 7) is 4.90. The highest BCUT2D eigenvalue weighted by Gasteiger charge is 2.33. The molecule has 3 aromatic rings. The second-order valence-corrected chi connectivity index (χ2v) is 12.2. The Morgan fingerprint density at radius 1 is 0.925 bits per heavy atom. The van der Waals surface area contributed by atoms with E-state index < -0.39 is 7.60 Å². The Morgan fingerprint density at radius 2 is 1.62 bits per heavy atom. The molecule has 2 aliphatic rings. The highest BCUT2D eigenvalue weighted by atomic mass is 31.2. The Hall–Kier alpha value is -3.22. The van der Waals surface area contributed by atoms with Gasteiger partial charge in [-0.2, -0.15) is 0 Å². The maximum atomic E-state index is 13.5. The summed E-state index contributed by atoms with van der Waals surface area (Å²) in [6.07, 6.45) is 6.47. The second kappa shape index (κ2) is 13.0. The molecule has 0 radical (unpaired) electrons. The van der Waals surface area contributed by atoms with E-state index >= 15 is 0 Å². The molecule has 1 saturated carbocycles. The lowest BCUT2D eigenvalue weighted by Crippen LogP contribution is -2.30. The first-order valence-electron chi connectivity index (χ1n) is 14.2. The molecule has 0 saturated heterocycles. The molecule has 40 heavy (non-hydrogen) atoms. The molecule has 0 bridgehead atoms. The molecule has 5 rings (SSSR count). The van der Waals surface area contributed by atoms with Crippen LogP contribution < -0.4 is 21.3 Å². The number of rotatable bonds is 11. The van der Waals surface area contributed by atoms with Crippen molar-refractivity contribution in [3.8, 4) is 0 Å². The van der Waals surface area contributed by atoms with Crippen LogP contribution in [0.25, 0.3) is 11.3 Å². The van der Waals surface area contributed by atoms with E-state index in [-0.39, 0.29) is 19.1 Å². The van der Waals surface area contributed by atoms with Gasteiger partial charge in [0.05, 0.1) is 29.8 Å². The number of nitrogens with one attached hydrogen (secondary N) is 3. The molecule has 3 N–H and O–H groups in total. The normalized spacial score (nSPS) is 16.9. The molecule has 0 spiro atoms. The van der Waals surface area contributed by atoms with Gasteiger partial charge in [-0.15, -0.1) is 0 Å². The van der Waals surface area contributed by atoms with Crippen molar-refractivity contribution in [3.05, 3.63) is 89.5 Å². The molecule has 1 aliphatic heterocycles. The number of carbonyl (C=O) groups excluding carboxylic acids is 1. The first-order chi connectivity index (χ1) is 19.5. The minimum absolute atomic E-state index is 0.227. The lowest BCUT2D eigenvalue weighted by Gasteiger charge is -2.23. The van der Waals surface area contributed by atoms with Crippen LogP contribution in [-0.2, 0) is 25.0 Å². The summed E-state index contributed by atoms with van der Waals surface area (Å²) in [7, 11) is -3.53. The molecule has 7 nitrogen and oxygen atoms in total. The van der Waals surface area contributed by atoms with Crippen molar-refractivity contribution < 1.29 is 18.4 Å². The third-order valence-corrected chi connectivity index (χ3v) is 9.50. The van der Waals surface area contributed by atoms with Crippen LogP contribution in [0.4, 0.5) is 11.4 Å². The molecule has 1 aliphatic carbocycles. The maximum Gasteiger partial charge on any atom is 0.361 e. The number of hydrogen-bond acceptors (Lipinski definition) is 6. The van der Waals surface area contributed by atoms with Crippen molar-refractivity contribution in [3.63, 3.8) is 0 Å². The quantitative estimate of drug-likeness (QED) is 0.174. The minimum Gasteiger partial charge on any atom is -0.354 e. The molecule has 0 unspecified atom stereocenters. The Labute approximate surface area is 236 Å². The summed E-state index contributed by atoms with van der Waals surface area (Å²) in [4.78, 5) is 13.4. The van der Waals surface area contributed by atoms with Crippen molar-refractivity contribution in [1.29, 1.82) is 0 Å². The number of carbonyl (C=O) groups is 1. The van der Waals surface area contributed by atoms with Crippen LogP contribution in [-0.4, -0.2) is 25.2 Å². The zero-order valence-corrected chi connectivity index (χ0v) is 24.1. The molecule has 8 heteroatoms. The predicted octanol–water partition coefficient (Wildman–Crippen LogP) is 6.93. The van der Waals surface area contributed by atoms with E-state index in [2.05, 4.69) is 28.1 Å². The third kappa shape index (κ3) is 6.39.